The lowest BCUT2D eigenvalue weighted by molar-refractivity contribution is -0.120. The summed E-state index contributed by atoms with van der Waals surface area (Å²) in [6.45, 7) is 6.55. The number of piperidine rings is 1. The smallest absolute Gasteiger partial charge is 0.243 e. The van der Waals surface area contributed by atoms with Gasteiger partial charge in [0.1, 0.15) is 0 Å². The molecule has 0 bridgehead atoms. The summed E-state index contributed by atoms with van der Waals surface area (Å²) in [5.74, 6) is -0.512. The zero-order valence-corrected chi connectivity index (χ0v) is 17.9. The second-order valence-electron chi connectivity index (χ2n) is 7.42. The van der Waals surface area contributed by atoms with Crippen LogP contribution in [0.5, 0.6) is 0 Å². The molecule has 1 amide bonds. The van der Waals surface area contributed by atoms with Crippen molar-refractivity contribution >= 4 is 33.2 Å². The molecule has 0 aromatic heterocycles. The van der Waals surface area contributed by atoms with Gasteiger partial charge in [0.25, 0.3) is 0 Å². The van der Waals surface area contributed by atoms with Crippen LogP contribution in [-0.4, -0.2) is 31.7 Å². The molecule has 1 aliphatic heterocycles. The molecule has 1 N–H and O–H groups in total. The predicted molar refractivity (Wildman–Crippen MR) is 112 cm³/mol. The maximum atomic E-state index is 12.9. The average molecular weight is 421 g/mol. The molecule has 3 rings (SSSR count). The zero-order chi connectivity index (χ0) is 20.5. The Hall–Kier alpha value is -1.89. The van der Waals surface area contributed by atoms with Crippen molar-refractivity contribution in [2.24, 2.45) is 5.92 Å². The molecule has 1 aliphatic rings. The molecule has 0 aliphatic carbocycles. The molecular weight excluding hydrogens is 396 g/mol. The summed E-state index contributed by atoms with van der Waals surface area (Å²) in [6, 6.07) is 10.2. The third-order valence-corrected chi connectivity index (χ3v) is 7.26. The maximum absolute atomic E-state index is 12.9. The van der Waals surface area contributed by atoms with E-state index < -0.39 is 10.0 Å². The van der Waals surface area contributed by atoms with Crippen LogP contribution in [0.3, 0.4) is 0 Å². The number of hydrogen-bond acceptors (Lipinski definition) is 3. The number of benzene rings is 2. The van der Waals surface area contributed by atoms with Crippen molar-refractivity contribution in [3.63, 3.8) is 0 Å². The first-order valence-electron chi connectivity index (χ1n) is 9.33. The van der Waals surface area contributed by atoms with E-state index in [9.17, 15) is 13.2 Å². The first kappa shape index (κ1) is 20.8. The Balaban J connectivity index is 1.76. The standard InChI is InChI=1S/C21H25ClN2O3S/c1-14-11-15(2)20(16(3)12-14)23-21(25)17-5-4-10-24(13-17)28(26,27)19-8-6-18(22)7-9-19/h6-9,11-12,17H,4-5,10,13H2,1-3H3,(H,23,25)/t17-/m1/s1. The van der Waals surface area contributed by atoms with Gasteiger partial charge in [-0.2, -0.15) is 4.31 Å². The third-order valence-electron chi connectivity index (χ3n) is 5.13. The van der Waals surface area contributed by atoms with Gasteiger partial charge in [0.15, 0.2) is 0 Å². The fourth-order valence-corrected chi connectivity index (χ4v) is 5.38. The van der Waals surface area contributed by atoms with Crippen molar-refractivity contribution in [2.75, 3.05) is 18.4 Å². The van der Waals surface area contributed by atoms with Gasteiger partial charge < -0.3 is 5.32 Å². The van der Waals surface area contributed by atoms with Crippen LogP contribution in [0.15, 0.2) is 41.3 Å². The van der Waals surface area contributed by atoms with E-state index in [1.807, 2.05) is 32.9 Å². The summed E-state index contributed by atoms with van der Waals surface area (Å²) in [5, 5.41) is 3.50. The average Bonchev–Trinajstić information content (AvgIpc) is 2.65. The number of carbonyl (C=O) groups is 1. The van der Waals surface area contributed by atoms with E-state index in [4.69, 9.17) is 11.6 Å². The molecule has 0 unspecified atom stereocenters. The summed E-state index contributed by atoms with van der Waals surface area (Å²) in [6.07, 6.45) is 1.32. The Kier molecular flexibility index (Phi) is 6.12. The largest absolute Gasteiger partial charge is 0.325 e. The number of aryl methyl sites for hydroxylation is 3. The van der Waals surface area contributed by atoms with Crippen molar-refractivity contribution in [1.29, 1.82) is 0 Å². The van der Waals surface area contributed by atoms with Gasteiger partial charge in [0.05, 0.1) is 10.8 Å². The van der Waals surface area contributed by atoms with E-state index in [1.165, 1.54) is 16.4 Å². The quantitative estimate of drug-likeness (QED) is 0.801. The van der Waals surface area contributed by atoms with Crippen molar-refractivity contribution in [2.45, 2.75) is 38.5 Å². The monoisotopic (exact) mass is 420 g/mol. The number of carbonyl (C=O) groups excluding carboxylic acids is 1. The van der Waals surface area contributed by atoms with E-state index in [0.29, 0.717) is 24.4 Å². The summed E-state index contributed by atoms with van der Waals surface area (Å²) in [5.41, 5.74) is 3.97. The summed E-state index contributed by atoms with van der Waals surface area (Å²) in [7, 11) is -3.65. The normalized spacial score (nSPS) is 18.1. The van der Waals surface area contributed by atoms with Crippen LogP contribution in [0.4, 0.5) is 5.69 Å². The van der Waals surface area contributed by atoms with Gasteiger partial charge in [-0.15, -0.1) is 0 Å². The Morgan fingerprint density at radius 2 is 1.71 bits per heavy atom. The number of sulfonamides is 1. The Morgan fingerprint density at radius 1 is 1.11 bits per heavy atom. The fourth-order valence-electron chi connectivity index (χ4n) is 3.73. The second kappa shape index (κ2) is 8.23. The molecule has 0 radical (unpaired) electrons. The Labute approximate surface area is 171 Å². The van der Waals surface area contributed by atoms with Crippen LogP contribution in [0.25, 0.3) is 0 Å². The molecule has 2 aromatic rings. The van der Waals surface area contributed by atoms with Gasteiger partial charge in [-0.05, 0) is 69.0 Å². The summed E-state index contributed by atoms with van der Waals surface area (Å²) >= 11 is 5.86. The molecule has 7 heteroatoms. The van der Waals surface area contributed by atoms with Crippen LogP contribution in [-0.2, 0) is 14.8 Å². The lowest BCUT2D eigenvalue weighted by Gasteiger charge is -2.31. The topological polar surface area (TPSA) is 66.5 Å². The number of nitrogens with one attached hydrogen (secondary N) is 1. The number of halogens is 1. The van der Waals surface area contributed by atoms with Crippen LogP contribution in [0.1, 0.15) is 29.5 Å². The highest BCUT2D eigenvalue weighted by atomic mass is 35.5. The van der Waals surface area contributed by atoms with Gasteiger partial charge in [-0.25, -0.2) is 8.42 Å². The van der Waals surface area contributed by atoms with E-state index in [-0.39, 0.29) is 23.3 Å². The molecule has 0 saturated carbocycles. The number of anilines is 1. The number of nitrogens with zero attached hydrogens (tertiary/aromatic N) is 1. The fraction of sp³-hybridized carbons (Fsp3) is 0.381. The van der Waals surface area contributed by atoms with Crippen LogP contribution in [0, 0.1) is 26.7 Å². The molecule has 28 heavy (non-hydrogen) atoms. The minimum absolute atomic E-state index is 0.133. The first-order chi connectivity index (χ1) is 13.2. The zero-order valence-electron chi connectivity index (χ0n) is 16.3. The highest BCUT2D eigenvalue weighted by Gasteiger charge is 2.33. The predicted octanol–water partition coefficient (Wildman–Crippen LogP) is 4.30. The van der Waals surface area contributed by atoms with E-state index in [2.05, 4.69) is 5.32 Å². The van der Waals surface area contributed by atoms with Crippen molar-refractivity contribution in [1.82, 2.24) is 4.31 Å². The van der Waals surface area contributed by atoms with Gasteiger partial charge in [0, 0.05) is 23.8 Å². The first-order valence-corrected chi connectivity index (χ1v) is 11.1. The van der Waals surface area contributed by atoms with Gasteiger partial charge in [0.2, 0.25) is 15.9 Å². The lowest BCUT2D eigenvalue weighted by Crippen LogP contribution is -2.43. The van der Waals surface area contributed by atoms with Gasteiger partial charge in [-0.1, -0.05) is 29.3 Å². The maximum Gasteiger partial charge on any atom is 0.243 e. The minimum atomic E-state index is -3.65. The molecule has 2 aromatic carbocycles. The molecule has 1 saturated heterocycles. The van der Waals surface area contributed by atoms with E-state index in [0.717, 1.165) is 22.4 Å². The van der Waals surface area contributed by atoms with Crippen molar-refractivity contribution in [3.8, 4) is 0 Å². The van der Waals surface area contributed by atoms with Gasteiger partial charge in [-0.3, -0.25) is 4.79 Å². The SMILES string of the molecule is Cc1cc(C)c(NC(=O)[C@@H]2CCCN(S(=O)(=O)c3ccc(Cl)cc3)C2)c(C)c1. The van der Waals surface area contributed by atoms with Crippen LogP contribution >= 0.6 is 11.6 Å². The van der Waals surface area contributed by atoms with Crippen molar-refractivity contribution in [3.05, 3.63) is 58.1 Å². The minimum Gasteiger partial charge on any atom is -0.325 e. The third kappa shape index (κ3) is 4.40. The van der Waals surface area contributed by atoms with Crippen LogP contribution < -0.4 is 5.32 Å². The summed E-state index contributed by atoms with van der Waals surface area (Å²) < 4.78 is 27.2. The molecule has 1 atom stereocenters. The molecule has 5 nitrogen and oxygen atoms in total. The summed E-state index contributed by atoms with van der Waals surface area (Å²) in [4.78, 5) is 13.1. The molecule has 150 valence electrons. The number of hydrogen-bond donors (Lipinski definition) is 1. The Bertz CT molecular complexity index is 964. The number of rotatable bonds is 4. The molecule has 1 fully saturated rings. The van der Waals surface area contributed by atoms with Crippen LogP contribution in [0.2, 0.25) is 5.02 Å². The van der Waals surface area contributed by atoms with Crippen molar-refractivity contribution < 1.29 is 13.2 Å². The molecule has 0 spiro atoms. The Morgan fingerprint density at radius 3 is 2.32 bits per heavy atom. The lowest BCUT2D eigenvalue weighted by atomic mass is 9.98. The van der Waals surface area contributed by atoms with Gasteiger partial charge >= 0.3 is 0 Å². The van der Waals surface area contributed by atoms with E-state index in [1.54, 1.807) is 12.1 Å². The highest BCUT2D eigenvalue weighted by Crippen LogP contribution is 2.27. The second-order valence-corrected chi connectivity index (χ2v) is 9.79. The molecule has 1 heterocycles. The van der Waals surface area contributed by atoms with E-state index >= 15 is 0 Å². The number of amides is 1. The highest BCUT2D eigenvalue weighted by molar-refractivity contribution is 7.89. The molecular formula is C21H25ClN2O3S.